The molecule has 1 atom stereocenters. The summed E-state index contributed by atoms with van der Waals surface area (Å²) < 4.78 is 4.99. The zero-order valence-corrected chi connectivity index (χ0v) is 11.1. The van der Waals surface area contributed by atoms with Crippen molar-refractivity contribution in [3.8, 4) is 0 Å². The number of hydrogen-bond acceptors (Lipinski definition) is 4. The summed E-state index contributed by atoms with van der Waals surface area (Å²) in [5.74, 6) is 6.33. The molecule has 0 bridgehead atoms. The molecule has 0 amide bonds. The van der Waals surface area contributed by atoms with Gasteiger partial charge in [-0.25, -0.2) is 10.8 Å². The second kappa shape index (κ2) is 7.47. The first-order valence-electron chi connectivity index (χ1n) is 6.10. The van der Waals surface area contributed by atoms with E-state index in [1.54, 1.807) is 7.11 Å². The number of ether oxygens (including phenoxy) is 1. The Balaban J connectivity index is 2.56. The van der Waals surface area contributed by atoms with E-state index < -0.39 is 0 Å². The number of likely N-dealkylation sites (tertiary alicyclic amines) is 1. The van der Waals surface area contributed by atoms with E-state index in [9.17, 15) is 0 Å². The quantitative estimate of drug-likeness (QED) is 0.224. The van der Waals surface area contributed by atoms with Crippen LogP contribution in [0.1, 0.15) is 12.8 Å². The van der Waals surface area contributed by atoms with Gasteiger partial charge in [-0.15, -0.1) is 0 Å². The molecule has 0 aliphatic carbocycles. The highest BCUT2D eigenvalue weighted by molar-refractivity contribution is 5.80. The summed E-state index contributed by atoms with van der Waals surface area (Å²) in [6.07, 6.45) is 2.40. The molecule has 1 aliphatic rings. The lowest BCUT2D eigenvalue weighted by Crippen LogP contribution is -2.49. The molecule has 0 spiro atoms. The van der Waals surface area contributed by atoms with Gasteiger partial charge in [-0.2, -0.15) is 0 Å². The summed E-state index contributed by atoms with van der Waals surface area (Å²) in [7, 11) is 5.86. The standard InChI is InChI=1S/C11H25N5O/c1-15(2)9-10-5-4-7-16(10)11(14-12)13-6-8-17-3/h10H,4-9,12H2,1-3H3,(H,13,14). The van der Waals surface area contributed by atoms with Crippen LogP contribution < -0.4 is 11.3 Å². The largest absolute Gasteiger partial charge is 0.383 e. The average molecular weight is 243 g/mol. The van der Waals surface area contributed by atoms with Gasteiger partial charge in [-0.1, -0.05) is 0 Å². The molecule has 0 aromatic heterocycles. The van der Waals surface area contributed by atoms with Crippen molar-refractivity contribution in [2.24, 2.45) is 10.8 Å². The fourth-order valence-electron chi connectivity index (χ4n) is 2.19. The number of methoxy groups -OCH3 is 1. The first-order valence-corrected chi connectivity index (χ1v) is 6.10. The van der Waals surface area contributed by atoms with Gasteiger partial charge in [-0.3, -0.25) is 5.43 Å². The Labute approximate surface area is 104 Å². The first kappa shape index (κ1) is 14.2. The van der Waals surface area contributed by atoms with Crippen LogP contribution in [0.4, 0.5) is 0 Å². The summed E-state index contributed by atoms with van der Waals surface area (Å²) in [4.78, 5) is 8.89. The van der Waals surface area contributed by atoms with Crippen LogP contribution in [0.2, 0.25) is 0 Å². The van der Waals surface area contributed by atoms with Crippen LogP contribution in [0.25, 0.3) is 0 Å². The summed E-state index contributed by atoms with van der Waals surface area (Å²) in [5, 5.41) is 0. The SMILES string of the molecule is COCCN=C(NN)N1CCCC1CN(C)C. The van der Waals surface area contributed by atoms with Crippen LogP contribution in [0.3, 0.4) is 0 Å². The maximum absolute atomic E-state index is 5.55. The van der Waals surface area contributed by atoms with E-state index in [2.05, 4.69) is 34.3 Å². The fourth-order valence-corrected chi connectivity index (χ4v) is 2.19. The zero-order valence-electron chi connectivity index (χ0n) is 11.1. The highest BCUT2D eigenvalue weighted by atomic mass is 16.5. The van der Waals surface area contributed by atoms with Crippen LogP contribution in [-0.2, 0) is 4.74 Å². The molecule has 1 aliphatic heterocycles. The maximum Gasteiger partial charge on any atom is 0.208 e. The van der Waals surface area contributed by atoms with Gasteiger partial charge in [0, 0.05) is 26.2 Å². The molecule has 100 valence electrons. The molecule has 1 saturated heterocycles. The van der Waals surface area contributed by atoms with Crippen molar-refractivity contribution in [3.05, 3.63) is 0 Å². The van der Waals surface area contributed by atoms with Crippen molar-refractivity contribution in [1.82, 2.24) is 15.2 Å². The number of hydrogen-bond donors (Lipinski definition) is 2. The highest BCUT2D eigenvalue weighted by Gasteiger charge is 2.27. The lowest BCUT2D eigenvalue weighted by molar-refractivity contribution is 0.207. The Morgan fingerprint density at radius 2 is 2.35 bits per heavy atom. The predicted molar refractivity (Wildman–Crippen MR) is 69.8 cm³/mol. The lowest BCUT2D eigenvalue weighted by Gasteiger charge is -2.29. The van der Waals surface area contributed by atoms with Crippen LogP contribution in [0, 0.1) is 0 Å². The molecule has 17 heavy (non-hydrogen) atoms. The zero-order chi connectivity index (χ0) is 12.7. The van der Waals surface area contributed by atoms with Crippen molar-refractivity contribution in [2.45, 2.75) is 18.9 Å². The summed E-state index contributed by atoms with van der Waals surface area (Å²) in [6.45, 7) is 3.32. The monoisotopic (exact) mass is 243 g/mol. The van der Waals surface area contributed by atoms with E-state index in [-0.39, 0.29) is 0 Å². The molecule has 0 radical (unpaired) electrons. The van der Waals surface area contributed by atoms with Gasteiger partial charge in [0.2, 0.25) is 5.96 Å². The molecule has 3 N–H and O–H groups in total. The second-order valence-corrected chi connectivity index (χ2v) is 4.59. The van der Waals surface area contributed by atoms with Gasteiger partial charge in [0.25, 0.3) is 0 Å². The molecule has 1 rings (SSSR count). The van der Waals surface area contributed by atoms with Crippen molar-refractivity contribution in [3.63, 3.8) is 0 Å². The molecule has 1 fully saturated rings. The second-order valence-electron chi connectivity index (χ2n) is 4.59. The number of hydrazine groups is 1. The number of rotatable bonds is 5. The number of nitrogens with zero attached hydrogens (tertiary/aromatic N) is 3. The van der Waals surface area contributed by atoms with E-state index in [4.69, 9.17) is 10.6 Å². The molecule has 0 aromatic carbocycles. The summed E-state index contributed by atoms with van der Waals surface area (Å²) in [5.41, 5.74) is 2.71. The molecular formula is C11H25N5O. The Bertz CT molecular complexity index is 244. The van der Waals surface area contributed by atoms with Crippen LogP contribution in [-0.4, -0.2) is 69.2 Å². The third kappa shape index (κ3) is 4.49. The number of likely N-dealkylation sites (N-methyl/N-ethyl adjacent to an activating group) is 1. The van der Waals surface area contributed by atoms with Crippen molar-refractivity contribution in [2.75, 3.05) is 47.4 Å². The molecule has 0 saturated carbocycles. The molecule has 1 unspecified atom stereocenters. The van der Waals surface area contributed by atoms with E-state index in [0.717, 1.165) is 19.0 Å². The highest BCUT2D eigenvalue weighted by Crippen LogP contribution is 2.17. The molecule has 1 heterocycles. The minimum absolute atomic E-state index is 0.502. The number of nitrogens with one attached hydrogen (secondary N) is 1. The van der Waals surface area contributed by atoms with Crippen LogP contribution in [0.5, 0.6) is 0 Å². The normalized spacial score (nSPS) is 21.4. The molecule has 6 heteroatoms. The third-order valence-corrected chi connectivity index (χ3v) is 2.91. The maximum atomic E-state index is 5.55. The van der Waals surface area contributed by atoms with E-state index >= 15 is 0 Å². The van der Waals surface area contributed by atoms with E-state index in [1.165, 1.54) is 12.8 Å². The topological polar surface area (TPSA) is 66.1 Å². The smallest absolute Gasteiger partial charge is 0.208 e. The Kier molecular flexibility index (Phi) is 6.25. The minimum atomic E-state index is 0.502. The minimum Gasteiger partial charge on any atom is -0.383 e. The number of aliphatic imine (C=N–C) groups is 1. The van der Waals surface area contributed by atoms with Crippen molar-refractivity contribution in [1.29, 1.82) is 0 Å². The van der Waals surface area contributed by atoms with Gasteiger partial charge in [0.05, 0.1) is 13.2 Å². The fraction of sp³-hybridized carbons (Fsp3) is 0.909. The Morgan fingerprint density at radius 3 is 2.94 bits per heavy atom. The van der Waals surface area contributed by atoms with Gasteiger partial charge in [0.15, 0.2) is 0 Å². The first-order chi connectivity index (χ1) is 8.19. The van der Waals surface area contributed by atoms with E-state index in [0.29, 0.717) is 19.2 Å². The van der Waals surface area contributed by atoms with Crippen molar-refractivity contribution >= 4 is 5.96 Å². The molecular weight excluding hydrogens is 218 g/mol. The third-order valence-electron chi connectivity index (χ3n) is 2.91. The van der Waals surface area contributed by atoms with Crippen molar-refractivity contribution < 1.29 is 4.74 Å². The van der Waals surface area contributed by atoms with Gasteiger partial charge >= 0.3 is 0 Å². The lowest BCUT2D eigenvalue weighted by atomic mass is 10.2. The Morgan fingerprint density at radius 1 is 1.59 bits per heavy atom. The van der Waals surface area contributed by atoms with Gasteiger partial charge in [0.1, 0.15) is 0 Å². The number of guanidine groups is 1. The predicted octanol–water partition coefficient (Wildman–Crippen LogP) is -0.522. The summed E-state index contributed by atoms with van der Waals surface area (Å²) >= 11 is 0. The summed E-state index contributed by atoms with van der Waals surface area (Å²) in [6, 6.07) is 0.502. The van der Waals surface area contributed by atoms with Gasteiger partial charge in [-0.05, 0) is 26.9 Å². The molecule has 6 nitrogen and oxygen atoms in total. The average Bonchev–Trinajstić information content (AvgIpc) is 2.72. The number of nitrogens with two attached hydrogens (primary N) is 1. The molecule has 0 aromatic rings. The van der Waals surface area contributed by atoms with Crippen LogP contribution in [0.15, 0.2) is 4.99 Å². The van der Waals surface area contributed by atoms with E-state index in [1.807, 2.05) is 0 Å². The van der Waals surface area contributed by atoms with Gasteiger partial charge < -0.3 is 14.5 Å². The Hall–Kier alpha value is -0.850. The van der Waals surface area contributed by atoms with Crippen LogP contribution >= 0.6 is 0 Å².